The summed E-state index contributed by atoms with van der Waals surface area (Å²) >= 11 is 1.65. The number of aromatic nitrogens is 6. The molecule has 4 heterocycles. The number of fused-ring (bicyclic) bond motifs is 6. The van der Waals surface area contributed by atoms with E-state index in [-0.39, 0.29) is 27.6 Å². The first-order valence-electron chi connectivity index (χ1n) is 21.8. The van der Waals surface area contributed by atoms with E-state index in [2.05, 4.69) is 17.1 Å². The second-order valence-electron chi connectivity index (χ2n) is 13.1. The van der Waals surface area contributed by atoms with Crippen molar-refractivity contribution in [3.05, 3.63) is 182 Å². The summed E-state index contributed by atoms with van der Waals surface area (Å²) in [6, 6.07) is 36.9. The molecule has 0 aliphatic carbocycles. The molecule has 56 heavy (non-hydrogen) atoms. The van der Waals surface area contributed by atoms with E-state index in [1.165, 1.54) is 4.57 Å². The first-order chi connectivity index (χ1) is 31.1. The molecular formula is C49H30N6S. The lowest BCUT2D eigenvalue weighted by molar-refractivity contribution is 1.06. The minimum absolute atomic E-state index is 0.00919. The van der Waals surface area contributed by atoms with Crippen LogP contribution in [0.1, 0.15) is 11.0 Å². The van der Waals surface area contributed by atoms with Gasteiger partial charge in [-0.1, -0.05) is 145 Å². The standard InChI is InChI=1S/C49H30N6S/c1-3-13-31(14-4-1)35-27-28-38(42(29-35)55-40-20-10-7-17-36(40)37-18-8-11-21-41(37)55)49-53-47(33-15-5-2-6-16-33)52-48(54-49)34-25-23-32(24-26-34)44-46-45(51-30-50-44)39-19-9-12-22-43(39)56-46/h1-30H/i7D,8D,10D,11D,17D,18D,20D,21D. The summed E-state index contributed by atoms with van der Waals surface area (Å²) in [7, 11) is 0. The van der Waals surface area contributed by atoms with Crippen LogP contribution in [0.25, 0.3) is 104 Å². The summed E-state index contributed by atoms with van der Waals surface area (Å²) < 4.78 is 75.0. The van der Waals surface area contributed by atoms with Crippen LogP contribution in [-0.4, -0.2) is 29.5 Å². The van der Waals surface area contributed by atoms with E-state index in [0.29, 0.717) is 28.5 Å². The Hall–Kier alpha value is -7.35. The molecule has 262 valence electrons. The molecule has 0 amide bonds. The first-order valence-corrected chi connectivity index (χ1v) is 18.7. The fourth-order valence-corrected chi connectivity index (χ4v) is 8.39. The molecule has 6 nitrogen and oxygen atoms in total. The summed E-state index contributed by atoms with van der Waals surface area (Å²) in [4.78, 5) is 24.4. The van der Waals surface area contributed by atoms with Gasteiger partial charge >= 0.3 is 0 Å². The summed E-state index contributed by atoms with van der Waals surface area (Å²) in [5.41, 5.74) is 6.32. The maximum atomic E-state index is 9.26. The van der Waals surface area contributed by atoms with Gasteiger partial charge in [-0.2, -0.15) is 0 Å². The summed E-state index contributed by atoms with van der Waals surface area (Å²) in [5, 5.41) is 1.02. The third-order valence-corrected chi connectivity index (χ3v) is 11.0. The molecule has 0 unspecified atom stereocenters. The number of hydrogen-bond acceptors (Lipinski definition) is 6. The molecule has 11 aromatic rings. The zero-order valence-electron chi connectivity index (χ0n) is 37.3. The molecule has 0 N–H and O–H groups in total. The Labute approximate surface area is 337 Å². The van der Waals surface area contributed by atoms with Gasteiger partial charge in [0.15, 0.2) is 17.5 Å². The normalized spacial score (nSPS) is 13.6. The van der Waals surface area contributed by atoms with Gasteiger partial charge < -0.3 is 4.57 Å². The van der Waals surface area contributed by atoms with Crippen molar-refractivity contribution in [2.75, 3.05) is 0 Å². The van der Waals surface area contributed by atoms with E-state index in [4.69, 9.17) is 28.2 Å². The molecule has 0 saturated carbocycles. The summed E-state index contributed by atoms with van der Waals surface area (Å²) in [5.74, 6) is 0.952. The van der Waals surface area contributed by atoms with Crippen LogP contribution in [0, 0.1) is 0 Å². The molecule has 0 radical (unpaired) electrons. The molecule has 4 aromatic heterocycles. The van der Waals surface area contributed by atoms with Crippen molar-refractivity contribution in [1.82, 2.24) is 29.5 Å². The van der Waals surface area contributed by atoms with E-state index < -0.39 is 48.3 Å². The van der Waals surface area contributed by atoms with Gasteiger partial charge in [-0.05, 0) is 41.4 Å². The largest absolute Gasteiger partial charge is 0.308 e. The van der Waals surface area contributed by atoms with Crippen molar-refractivity contribution in [2.24, 2.45) is 0 Å². The smallest absolute Gasteiger partial charge is 0.166 e. The maximum absolute atomic E-state index is 9.26. The van der Waals surface area contributed by atoms with Gasteiger partial charge in [0.2, 0.25) is 0 Å². The van der Waals surface area contributed by atoms with Gasteiger partial charge in [0, 0.05) is 43.1 Å². The Bertz CT molecular complexity index is 3630. The van der Waals surface area contributed by atoms with E-state index in [0.717, 1.165) is 48.3 Å². The fourth-order valence-electron chi connectivity index (χ4n) is 7.23. The third kappa shape index (κ3) is 5.36. The number of nitrogens with zero attached hydrogens (tertiary/aromatic N) is 6. The second kappa shape index (κ2) is 13.2. The van der Waals surface area contributed by atoms with E-state index >= 15 is 0 Å². The molecular weight excluding hydrogens is 705 g/mol. The molecule has 7 heteroatoms. The molecule has 0 bridgehead atoms. The van der Waals surface area contributed by atoms with Crippen LogP contribution in [0.3, 0.4) is 0 Å². The minimum Gasteiger partial charge on any atom is -0.308 e. The van der Waals surface area contributed by atoms with Gasteiger partial charge in [0.1, 0.15) is 6.33 Å². The Morgan fingerprint density at radius 3 is 1.77 bits per heavy atom. The van der Waals surface area contributed by atoms with Crippen molar-refractivity contribution < 1.29 is 11.0 Å². The van der Waals surface area contributed by atoms with Crippen LogP contribution >= 0.6 is 11.3 Å². The van der Waals surface area contributed by atoms with Crippen LogP contribution in [0.5, 0.6) is 0 Å². The van der Waals surface area contributed by atoms with E-state index in [1.807, 2.05) is 115 Å². The van der Waals surface area contributed by atoms with Crippen molar-refractivity contribution in [1.29, 1.82) is 0 Å². The highest BCUT2D eigenvalue weighted by Gasteiger charge is 2.21. The number of thiophene rings is 1. The zero-order chi connectivity index (χ0) is 44.0. The quantitative estimate of drug-likeness (QED) is 0.170. The highest BCUT2D eigenvalue weighted by atomic mass is 32.1. The highest BCUT2D eigenvalue weighted by molar-refractivity contribution is 7.26. The van der Waals surface area contributed by atoms with Crippen molar-refractivity contribution in [2.45, 2.75) is 0 Å². The van der Waals surface area contributed by atoms with Crippen LogP contribution < -0.4 is 0 Å². The summed E-state index contributed by atoms with van der Waals surface area (Å²) in [6.07, 6.45) is 1.59. The molecule has 11 rings (SSSR count). The number of para-hydroxylation sites is 2. The van der Waals surface area contributed by atoms with Crippen LogP contribution in [0.15, 0.2) is 182 Å². The molecule has 0 fully saturated rings. The first kappa shape index (κ1) is 24.9. The van der Waals surface area contributed by atoms with Crippen molar-refractivity contribution in [3.63, 3.8) is 0 Å². The fraction of sp³-hybridized carbons (Fsp3) is 0. The Balaban J connectivity index is 1.18. The van der Waals surface area contributed by atoms with Crippen molar-refractivity contribution in [3.8, 4) is 62.2 Å². The highest BCUT2D eigenvalue weighted by Crippen LogP contribution is 2.40. The minimum atomic E-state index is -0.518. The lowest BCUT2D eigenvalue weighted by atomic mass is 10.0. The molecule has 0 spiro atoms. The molecule has 7 aromatic carbocycles. The molecule has 0 aliphatic rings. The monoisotopic (exact) mass is 742 g/mol. The lowest BCUT2D eigenvalue weighted by Crippen LogP contribution is -2.04. The Morgan fingerprint density at radius 2 is 1.05 bits per heavy atom. The number of rotatable bonds is 6. The lowest BCUT2D eigenvalue weighted by Gasteiger charge is -2.16. The van der Waals surface area contributed by atoms with Gasteiger partial charge in [-0.25, -0.2) is 24.9 Å². The molecule has 0 atom stereocenters. The van der Waals surface area contributed by atoms with Crippen LogP contribution in [-0.2, 0) is 0 Å². The van der Waals surface area contributed by atoms with Crippen LogP contribution in [0.2, 0.25) is 0 Å². The Morgan fingerprint density at radius 1 is 0.482 bits per heavy atom. The van der Waals surface area contributed by atoms with Gasteiger partial charge in [-0.15, -0.1) is 11.3 Å². The predicted octanol–water partition coefficient (Wildman–Crippen LogP) is 12.5. The van der Waals surface area contributed by atoms with Gasteiger partial charge in [-0.3, -0.25) is 0 Å². The number of hydrogen-bond donors (Lipinski definition) is 0. The third-order valence-electron chi connectivity index (χ3n) is 9.86. The maximum Gasteiger partial charge on any atom is 0.166 e. The number of benzene rings is 7. The molecule has 0 saturated heterocycles. The summed E-state index contributed by atoms with van der Waals surface area (Å²) in [6.45, 7) is 0. The van der Waals surface area contributed by atoms with E-state index in [1.54, 1.807) is 17.7 Å². The zero-order valence-corrected chi connectivity index (χ0v) is 30.1. The SMILES string of the molecule is [2H]c1c([2H])c([2H])c2c(c1[2H])c1c([2H])c([2H])c([2H])c([2H])c1n2-c1cc(-c2ccccc2)ccc1-c1nc(-c2ccccc2)nc(-c2ccc(-c3ncnc4c3sc3ccccc34)cc2)n1. The van der Waals surface area contributed by atoms with Gasteiger partial charge in [0.25, 0.3) is 0 Å². The second-order valence-corrected chi connectivity index (χ2v) is 14.2. The molecule has 0 aliphatic heterocycles. The van der Waals surface area contributed by atoms with Crippen molar-refractivity contribution >= 4 is 53.4 Å². The average Bonchev–Trinajstić information content (AvgIpc) is 3.91. The average molecular weight is 743 g/mol. The van der Waals surface area contributed by atoms with E-state index in [9.17, 15) is 2.74 Å². The van der Waals surface area contributed by atoms with Gasteiger partial charge in [0.05, 0.1) is 43.6 Å². The van der Waals surface area contributed by atoms with Crippen LogP contribution in [0.4, 0.5) is 0 Å². The Kier molecular flexibility index (Phi) is 5.86. The topological polar surface area (TPSA) is 69.4 Å². The predicted molar refractivity (Wildman–Crippen MR) is 230 cm³/mol.